The molecule has 0 heterocycles. The zero-order chi connectivity index (χ0) is 11.6. The molecule has 0 saturated carbocycles. The number of hydrogen-bond acceptors (Lipinski definition) is 1. The SMILES string of the molecule is N[C@H](CF)c1ccc(Cl)c(C(F)(F)F)c1. The molecule has 1 aromatic carbocycles. The van der Waals surface area contributed by atoms with Crippen LogP contribution in [-0.2, 0) is 6.18 Å². The average molecular weight is 242 g/mol. The van der Waals surface area contributed by atoms with Crippen molar-refractivity contribution in [3.05, 3.63) is 34.3 Å². The molecule has 0 spiro atoms. The minimum Gasteiger partial charge on any atom is -0.322 e. The van der Waals surface area contributed by atoms with Gasteiger partial charge >= 0.3 is 6.18 Å². The van der Waals surface area contributed by atoms with Gasteiger partial charge in [-0.2, -0.15) is 13.2 Å². The van der Waals surface area contributed by atoms with Crippen LogP contribution in [0.3, 0.4) is 0 Å². The first-order valence-corrected chi connectivity index (χ1v) is 4.42. The van der Waals surface area contributed by atoms with Crippen LogP contribution in [0.1, 0.15) is 17.2 Å². The Hall–Kier alpha value is -0.810. The van der Waals surface area contributed by atoms with E-state index in [1.807, 2.05) is 0 Å². The molecule has 0 aromatic heterocycles. The zero-order valence-corrected chi connectivity index (χ0v) is 8.24. The largest absolute Gasteiger partial charge is 0.417 e. The molecule has 0 aliphatic carbocycles. The van der Waals surface area contributed by atoms with Crippen molar-refractivity contribution in [2.45, 2.75) is 12.2 Å². The van der Waals surface area contributed by atoms with Crippen LogP contribution in [0.5, 0.6) is 0 Å². The van der Waals surface area contributed by atoms with Crippen LogP contribution in [0.15, 0.2) is 18.2 Å². The Bertz CT molecular complexity index is 350. The average Bonchev–Trinajstić information content (AvgIpc) is 2.15. The van der Waals surface area contributed by atoms with Crippen molar-refractivity contribution in [1.29, 1.82) is 0 Å². The van der Waals surface area contributed by atoms with E-state index in [-0.39, 0.29) is 5.56 Å². The summed E-state index contributed by atoms with van der Waals surface area (Å²) in [6.07, 6.45) is -4.55. The predicted octanol–water partition coefficient (Wildman–Crippen LogP) is 3.33. The van der Waals surface area contributed by atoms with Gasteiger partial charge in [0.05, 0.1) is 16.6 Å². The van der Waals surface area contributed by atoms with E-state index >= 15 is 0 Å². The maximum absolute atomic E-state index is 12.4. The third-order valence-corrected chi connectivity index (χ3v) is 2.22. The molecule has 0 bridgehead atoms. The molecule has 0 amide bonds. The van der Waals surface area contributed by atoms with Gasteiger partial charge in [-0.05, 0) is 17.7 Å². The lowest BCUT2D eigenvalue weighted by Crippen LogP contribution is -2.14. The van der Waals surface area contributed by atoms with Gasteiger partial charge in [-0.15, -0.1) is 0 Å². The van der Waals surface area contributed by atoms with Gasteiger partial charge < -0.3 is 5.73 Å². The van der Waals surface area contributed by atoms with Gasteiger partial charge in [0.15, 0.2) is 0 Å². The number of nitrogens with two attached hydrogens (primary N) is 1. The number of rotatable bonds is 2. The summed E-state index contributed by atoms with van der Waals surface area (Å²) in [4.78, 5) is 0. The highest BCUT2D eigenvalue weighted by molar-refractivity contribution is 6.31. The standard InChI is InChI=1S/C9H8ClF4N/c10-7-2-1-5(8(15)4-11)3-6(7)9(12,13)14/h1-3,8H,4,15H2/t8-/m1/s1. The van der Waals surface area contributed by atoms with Gasteiger partial charge in [0.25, 0.3) is 0 Å². The molecule has 0 saturated heterocycles. The van der Waals surface area contributed by atoms with E-state index in [2.05, 4.69) is 0 Å². The van der Waals surface area contributed by atoms with Crippen LogP contribution >= 0.6 is 11.6 Å². The van der Waals surface area contributed by atoms with E-state index in [0.717, 1.165) is 12.1 Å². The minimum atomic E-state index is -4.55. The molecule has 1 rings (SSSR count). The van der Waals surface area contributed by atoms with Crippen molar-refractivity contribution >= 4 is 11.6 Å². The highest BCUT2D eigenvalue weighted by Crippen LogP contribution is 2.35. The molecule has 0 aliphatic heterocycles. The number of benzene rings is 1. The third kappa shape index (κ3) is 2.82. The highest BCUT2D eigenvalue weighted by Gasteiger charge is 2.33. The van der Waals surface area contributed by atoms with Crippen molar-refractivity contribution in [3.63, 3.8) is 0 Å². The topological polar surface area (TPSA) is 26.0 Å². The molecule has 1 atom stereocenters. The quantitative estimate of drug-likeness (QED) is 0.790. The number of alkyl halides is 4. The fourth-order valence-electron chi connectivity index (χ4n) is 1.08. The van der Waals surface area contributed by atoms with Crippen molar-refractivity contribution in [2.75, 3.05) is 6.67 Å². The van der Waals surface area contributed by atoms with Gasteiger partial charge in [-0.3, -0.25) is 0 Å². The monoisotopic (exact) mass is 241 g/mol. The van der Waals surface area contributed by atoms with E-state index in [1.54, 1.807) is 0 Å². The first-order valence-electron chi connectivity index (χ1n) is 4.04. The lowest BCUT2D eigenvalue weighted by atomic mass is 10.1. The summed E-state index contributed by atoms with van der Waals surface area (Å²) in [5.74, 6) is 0. The second-order valence-corrected chi connectivity index (χ2v) is 3.41. The van der Waals surface area contributed by atoms with Gasteiger partial charge in [0.2, 0.25) is 0 Å². The van der Waals surface area contributed by atoms with Crippen molar-refractivity contribution in [1.82, 2.24) is 0 Å². The second-order valence-electron chi connectivity index (χ2n) is 3.00. The van der Waals surface area contributed by atoms with Gasteiger partial charge in [0.1, 0.15) is 6.67 Å². The Balaban J connectivity index is 3.17. The molecular formula is C9H8ClF4N. The Morgan fingerprint density at radius 2 is 1.93 bits per heavy atom. The summed E-state index contributed by atoms with van der Waals surface area (Å²) in [6.45, 7) is -0.918. The lowest BCUT2D eigenvalue weighted by Gasteiger charge is -2.13. The molecule has 84 valence electrons. The van der Waals surface area contributed by atoms with Gasteiger partial charge in [-0.25, -0.2) is 4.39 Å². The fourth-order valence-corrected chi connectivity index (χ4v) is 1.30. The molecule has 0 radical (unpaired) electrons. The fraction of sp³-hybridized carbons (Fsp3) is 0.333. The van der Waals surface area contributed by atoms with Crippen LogP contribution in [-0.4, -0.2) is 6.67 Å². The molecule has 1 nitrogen and oxygen atoms in total. The Labute approximate surface area is 88.8 Å². The van der Waals surface area contributed by atoms with E-state index in [9.17, 15) is 17.6 Å². The summed E-state index contributed by atoms with van der Waals surface area (Å²) in [5.41, 5.74) is 4.35. The summed E-state index contributed by atoms with van der Waals surface area (Å²) >= 11 is 5.37. The second kappa shape index (κ2) is 4.37. The summed E-state index contributed by atoms with van der Waals surface area (Å²) < 4.78 is 49.3. The first-order chi connectivity index (χ1) is 6.86. The summed E-state index contributed by atoms with van der Waals surface area (Å²) in [7, 11) is 0. The summed E-state index contributed by atoms with van der Waals surface area (Å²) in [5, 5.41) is -0.419. The summed E-state index contributed by atoms with van der Waals surface area (Å²) in [6, 6.07) is 2.06. The number of halogens is 5. The minimum absolute atomic E-state index is 0.0780. The smallest absolute Gasteiger partial charge is 0.322 e. The van der Waals surface area contributed by atoms with Crippen LogP contribution in [0, 0.1) is 0 Å². The number of hydrogen-bond donors (Lipinski definition) is 1. The van der Waals surface area contributed by atoms with Crippen LogP contribution < -0.4 is 5.73 Å². The molecule has 2 N–H and O–H groups in total. The molecule has 15 heavy (non-hydrogen) atoms. The lowest BCUT2D eigenvalue weighted by molar-refractivity contribution is -0.137. The molecular weight excluding hydrogens is 234 g/mol. The van der Waals surface area contributed by atoms with E-state index in [4.69, 9.17) is 17.3 Å². The van der Waals surface area contributed by atoms with E-state index in [1.165, 1.54) is 6.07 Å². The maximum Gasteiger partial charge on any atom is 0.417 e. The normalized spacial score (nSPS) is 14.0. The van der Waals surface area contributed by atoms with E-state index < -0.39 is 29.5 Å². The maximum atomic E-state index is 12.4. The zero-order valence-electron chi connectivity index (χ0n) is 7.48. The predicted molar refractivity (Wildman–Crippen MR) is 49.4 cm³/mol. The molecule has 1 aromatic rings. The van der Waals surface area contributed by atoms with Crippen LogP contribution in [0.2, 0.25) is 5.02 Å². The van der Waals surface area contributed by atoms with Crippen LogP contribution in [0.4, 0.5) is 17.6 Å². The molecule has 0 aliphatic rings. The van der Waals surface area contributed by atoms with Gasteiger partial charge in [-0.1, -0.05) is 17.7 Å². The van der Waals surface area contributed by atoms with E-state index in [0.29, 0.717) is 0 Å². The van der Waals surface area contributed by atoms with Crippen molar-refractivity contribution in [3.8, 4) is 0 Å². The van der Waals surface area contributed by atoms with Crippen molar-refractivity contribution in [2.24, 2.45) is 5.73 Å². The highest BCUT2D eigenvalue weighted by atomic mass is 35.5. The third-order valence-electron chi connectivity index (χ3n) is 1.89. The molecule has 0 fully saturated rings. The first kappa shape index (κ1) is 12.3. The molecule has 0 unspecified atom stereocenters. The Kier molecular flexibility index (Phi) is 3.57. The van der Waals surface area contributed by atoms with Crippen molar-refractivity contribution < 1.29 is 17.6 Å². The van der Waals surface area contributed by atoms with Crippen LogP contribution in [0.25, 0.3) is 0 Å². The Morgan fingerprint density at radius 1 is 1.33 bits per heavy atom. The van der Waals surface area contributed by atoms with Gasteiger partial charge in [0, 0.05) is 0 Å². The Morgan fingerprint density at radius 3 is 2.40 bits per heavy atom. The molecule has 6 heteroatoms.